The molecule has 0 saturated carbocycles. The fourth-order valence-corrected chi connectivity index (χ4v) is 2.47. The molecular formula is C18H16N8O. The molecule has 134 valence electrons. The number of aromatic amines is 1. The van der Waals surface area contributed by atoms with Crippen LogP contribution in [0.3, 0.4) is 0 Å². The number of benzene rings is 1. The van der Waals surface area contributed by atoms with Crippen molar-refractivity contribution < 1.29 is 5.11 Å². The summed E-state index contributed by atoms with van der Waals surface area (Å²) in [6.07, 6.45) is 0. The van der Waals surface area contributed by atoms with Gasteiger partial charge in [0.2, 0.25) is 5.88 Å². The normalized spacial score (nSPS) is 11.4. The average molecular weight is 360 g/mol. The number of azo groups is 1. The molecular weight excluding hydrogens is 344 g/mol. The van der Waals surface area contributed by atoms with Gasteiger partial charge in [-0.05, 0) is 12.1 Å². The third-order valence-corrected chi connectivity index (χ3v) is 3.76. The molecule has 0 radical (unpaired) electrons. The molecule has 0 amide bonds. The van der Waals surface area contributed by atoms with Crippen molar-refractivity contribution in [1.29, 1.82) is 10.5 Å². The quantitative estimate of drug-likeness (QED) is 0.684. The van der Waals surface area contributed by atoms with Crippen LogP contribution < -0.4 is 0 Å². The SMILES string of the molecule is CC(C)(C)c1n[nH]c(/N=N/c2c(C#N)nn(-c3ccccc3)c2O)c1C#N. The van der Waals surface area contributed by atoms with Crippen molar-refractivity contribution in [2.45, 2.75) is 26.2 Å². The van der Waals surface area contributed by atoms with Gasteiger partial charge >= 0.3 is 0 Å². The second-order valence-corrected chi connectivity index (χ2v) is 6.74. The smallest absolute Gasteiger partial charge is 0.244 e. The maximum absolute atomic E-state index is 10.4. The van der Waals surface area contributed by atoms with E-state index in [9.17, 15) is 15.6 Å². The van der Waals surface area contributed by atoms with Crippen LogP contribution in [-0.2, 0) is 5.41 Å². The lowest BCUT2D eigenvalue weighted by Crippen LogP contribution is -2.13. The molecule has 0 atom stereocenters. The van der Waals surface area contributed by atoms with Crippen molar-refractivity contribution in [3.05, 3.63) is 47.3 Å². The summed E-state index contributed by atoms with van der Waals surface area (Å²) in [5.74, 6) is -0.172. The van der Waals surface area contributed by atoms with Gasteiger partial charge in [0.1, 0.15) is 17.7 Å². The molecule has 0 spiro atoms. The second kappa shape index (κ2) is 6.73. The molecule has 0 saturated heterocycles. The van der Waals surface area contributed by atoms with E-state index in [1.807, 2.05) is 32.9 Å². The first-order chi connectivity index (χ1) is 12.9. The van der Waals surface area contributed by atoms with Gasteiger partial charge in [0.25, 0.3) is 0 Å². The fourth-order valence-electron chi connectivity index (χ4n) is 2.47. The number of H-pyrrole nitrogens is 1. The first-order valence-corrected chi connectivity index (χ1v) is 8.05. The number of aromatic hydroxyl groups is 1. The largest absolute Gasteiger partial charge is 0.492 e. The number of nitrogens with zero attached hydrogens (tertiary/aromatic N) is 7. The molecule has 3 rings (SSSR count). The number of rotatable bonds is 3. The molecule has 2 aromatic heterocycles. The highest BCUT2D eigenvalue weighted by Crippen LogP contribution is 2.35. The lowest BCUT2D eigenvalue weighted by atomic mass is 9.90. The monoisotopic (exact) mass is 360 g/mol. The third-order valence-electron chi connectivity index (χ3n) is 3.76. The maximum Gasteiger partial charge on any atom is 0.244 e. The van der Waals surface area contributed by atoms with Crippen molar-refractivity contribution in [2.75, 3.05) is 0 Å². The number of para-hydroxylation sites is 1. The number of hydrogen-bond acceptors (Lipinski definition) is 7. The van der Waals surface area contributed by atoms with Crippen LogP contribution in [0.25, 0.3) is 5.69 Å². The highest BCUT2D eigenvalue weighted by molar-refractivity contribution is 5.60. The topological polar surface area (TPSA) is 139 Å². The highest BCUT2D eigenvalue weighted by Gasteiger charge is 2.25. The number of aromatic nitrogens is 4. The molecule has 1 aromatic carbocycles. The molecule has 27 heavy (non-hydrogen) atoms. The van der Waals surface area contributed by atoms with Crippen LogP contribution in [0, 0.1) is 22.7 Å². The van der Waals surface area contributed by atoms with E-state index in [1.54, 1.807) is 24.3 Å². The molecule has 3 aromatic rings. The molecule has 9 heteroatoms. The zero-order valence-corrected chi connectivity index (χ0v) is 15.0. The Hall–Kier alpha value is -3.98. The molecule has 0 bridgehead atoms. The Bertz CT molecular complexity index is 1090. The van der Waals surface area contributed by atoms with E-state index in [4.69, 9.17) is 0 Å². The van der Waals surface area contributed by atoms with Gasteiger partial charge in [-0.1, -0.05) is 39.0 Å². The van der Waals surface area contributed by atoms with Gasteiger partial charge in [0.05, 0.1) is 11.4 Å². The van der Waals surface area contributed by atoms with E-state index < -0.39 is 0 Å². The van der Waals surface area contributed by atoms with E-state index in [0.717, 1.165) is 0 Å². The summed E-state index contributed by atoms with van der Waals surface area (Å²) in [4.78, 5) is 0. The van der Waals surface area contributed by atoms with Crippen molar-refractivity contribution in [1.82, 2.24) is 20.0 Å². The van der Waals surface area contributed by atoms with E-state index in [-0.39, 0.29) is 34.1 Å². The van der Waals surface area contributed by atoms with Crippen LogP contribution in [0.1, 0.15) is 37.7 Å². The third kappa shape index (κ3) is 3.26. The maximum atomic E-state index is 10.4. The van der Waals surface area contributed by atoms with Crippen LogP contribution >= 0.6 is 0 Å². The summed E-state index contributed by atoms with van der Waals surface area (Å²) >= 11 is 0. The lowest BCUT2D eigenvalue weighted by Gasteiger charge is -2.14. The van der Waals surface area contributed by atoms with Crippen molar-refractivity contribution in [3.8, 4) is 23.7 Å². The molecule has 0 aliphatic carbocycles. The average Bonchev–Trinajstić information content (AvgIpc) is 3.21. The van der Waals surface area contributed by atoms with Gasteiger partial charge in [-0.2, -0.15) is 25.4 Å². The fraction of sp³-hybridized carbons (Fsp3) is 0.222. The Kier molecular flexibility index (Phi) is 4.44. The van der Waals surface area contributed by atoms with Gasteiger partial charge in [-0.15, -0.1) is 10.2 Å². The molecule has 9 nitrogen and oxygen atoms in total. The Morgan fingerprint density at radius 2 is 1.81 bits per heavy atom. The van der Waals surface area contributed by atoms with Crippen molar-refractivity contribution in [3.63, 3.8) is 0 Å². The molecule has 0 aliphatic rings. The van der Waals surface area contributed by atoms with Crippen LogP contribution in [0.2, 0.25) is 0 Å². The molecule has 2 heterocycles. The first kappa shape index (κ1) is 17.8. The Balaban J connectivity index is 2.05. The van der Waals surface area contributed by atoms with Crippen molar-refractivity contribution >= 4 is 11.5 Å². The summed E-state index contributed by atoms with van der Waals surface area (Å²) in [5, 5.41) is 48.0. The van der Waals surface area contributed by atoms with Crippen molar-refractivity contribution in [2.24, 2.45) is 10.2 Å². The summed E-state index contributed by atoms with van der Waals surface area (Å²) in [6.45, 7) is 5.78. The zero-order chi connectivity index (χ0) is 19.6. The number of hydrogen-bond donors (Lipinski definition) is 2. The van der Waals surface area contributed by atoms with Gasteiger partial charge in [-0.3, -0.25) is 5.10 Å². The van der Waals surface area contributed by atoms with Crippen LogP contribution in [0.15, 0.2) is 40.6 Å². The number of nitriles is 2. The van der Waals surface area contributed by atoms with Gasteiger partial charge in [0.15, 0.2) is 17.2 Å². The first-order valence-electron chi connectivity index (χ1n) is 8.05. The predicted octanol–water partition coefficient (Wildman–Crippen LogP) is 3.76. The minimum atomic E-state index is -0.354. The molecule has 2 N–H and O–H groups in total. The van der Waals surface area contributed by atoms with Crippen LogP contribution in [0.5, 0.6) is 5.88 Å². The predicted molar refractivity (Wildman–Crippen MR) is 96.1 cm³/mol. The second-order valence-electron chi connectivity index (χ2n) is 6.74. The number of nitrogens with one attached hydrogen (secondary N) is 1. The van der Waals surface area contributed by atoms with Gasteiger partial charge in [-0.25, -0.2) is 0 Å². The lowest BCUT2D eigenvalue weighted by molar-refractivity contribution is 0.434. The Morgan fingerprint density at radius 1 is 1.11 bits per heavy atom. The zero-order valence-electron chi connectivity index (χ0n) is 15.0. The minimum Gasteiger partial charge on any atom is -0.492 e. The molecule has 0 fully saturated rings. The van der Waals surface area contributed by atoms with Crippen LogP contribution in [0.4, 0.5) is 11.5 Å². The standard InChI is InChI=1S/C18H16N8O/c1-18(2,3)15-12(9-19)16(24-22-15)23-21-14-13(10-20)25-26(17(14)27)11-7-5-4-6-8-11/h4-8,27H,1-3H3,(H,22,24)/b23-21+. The van der Waals surface area contributed by atoms with Gasteiger partial charge < -0.3 is 5.11 Å². The van der Waals surface area contributed by atoms with Crippen LogP contribution in [-0.4, -0.2) is 25.1 Å². The van der Waals surface area contributed by atoms with Gasteiger partial charge in [0, 0.05) is 5.41 Å². The van der Waals surface area contributed by atoms with E-state index in [2.05, 4.69) is 31.6 Å². The molecule has 0 aliphatic heterocycles. The van der Waals surface area contributed by atoms with E-state index in [1.165, 1.54) is 4.68 Å². The Morgan fingerprint density at radius 3 is 2.41 bits per heavy atom. The summed E-state index contributed by atoms with van der Waals surface area (Å²) in [7, 11) is 0. The molecule has 0 unspecified atom stereocenters. The van der Waals surface area contributed by atoms with E-state index in [0.29, 0.717) is 11.4 Å². The summed E-state index contributed by atoms with van der Waals surface area (Å²) in [6, 6.07) is 12.8. The summed E-state index contributed by atoms with van der Waals surface area (Å²) in [5.41, 5.74) is 0.866. The summed E-state index contributed by atoms with van der Waals surface area (Å²) < 4.78 is 1.20. The Labute approximate surface area is 155 Å². The highest BCUT2D eigenvalue weighted by atomic mass is 16.3. The van der Waals surface area contributed by atoms with E-state index >= 15 is 0 Å². The minimum absolute atomic E-state index is 0.0860.